The highest BCUT2D eigenvalue weighted by Gasteiger charge is 2.17. The number of nitrogens with one attached hydrogen (secondary N) is 1. The number of nitrogen functional groups attached to an aromatic ring is 1. The molecule has 0 saturated carbocycles. The zero-order chi connectivity index (χ0) is 22.0. The van der Waals surface area contributed by atoms with Gasteiger partial charge in [0, 0.05) is 62.9 Å². The Labute approximate surface area is 182 Å². The Morgan fingerprint density at radius 3 is 2.26 bits per heavy atom. The summed E-state index contributed by atoms with van der Waals surface area (Å²) in [5.41, 5.74) is 9.47. The second kappa shape index (κ2) is 8.65. The van der Waals surface area contributed by atoms with Gasteiger partial charge >= 0.3 is 0 Å². The number of likely N-dealkylation sites (N-methyl/N-ethyl adjacent to an activating group) is 1. The number of carbonyl (C=O) groups is 1. The lowest BCUT2D eigenvalue weighted by Crippen LogP contribution is -2.44. The lowest BCUT2D eigenvalue weighted by Gasteiger charge is -2.34. The summed E-state index contributed by atoms with van der Waals surface area (Å²) in [6, 6.07) is 15.4. The third-order valence-corrected chi connectivity index (χ3v) is 5.45. The number of rotatable bonds is 5. The third kappa shape index (κ3) is 4.61. The smallest absolute Gasteiger partial charge is 0.281 e. The maximum atomic E-state index is 12.8. The van der Waals surface area contributed by atoms with E-state index in [9.17, 15) is 4.79 Å². The second-order valence-corrected chi connectivity index (χ2v) is 7.91. The number of piperazine rings is 1. The average Bonchev–Trinajstić information content (AvgIpc) is 3.14. The van der Waals surface area contributed by atoms with Gasteiger partial charge in [0.1, 0.15) is 0 Å². The number of anilines is 5. The summed E-state index contributed by atoms with van der Waals surface area (Å²) in [5, 5.41) is 7.38. The third-order valence-electron chi connectivity index (χ3n) is 5.45. The molecule has 31 heavy (non-hydrogen) atoms. The molecule has 0 spiro atoms. The van der Waals surface area contributed by atoms with E-state index in [4.69, 9.17) is 5.73 Å². The molecule has 1 fully saturated rings. The van der Waals surface area contributed by atoms with Crippen molar-refractivity contribution in [3.8, 4) is 0 Å². The van der Waals surface area contributed by atoms with Gasteiger partial charge in [-0.2, -0.15) is 9.67 Å². The summed E-state index contributed by atoms with van der Waals surface area (Å²) in [7, 11) is 6.04. The van der Waals surface area contributed by atoms with Gasteiger partial charge in [-0.3, -0.25) is 4.79 Å². The minimum atomic E-state index is -0.325. The number of hydrogen-bond acceptors (Lipinski definition) is 8. The maximum Gasteiger partial charge on any atom is 0.281 e. The molecule has 1 saturated heterocycles. The van der Waals surface area contributed by atoms with E-state index in [0.29, 0.717) is 5.56 Å². The van der Waals surface area contributed by atoms with Gasteiger partial charge in [0.15, 0.2) is 0 Å². The average molecular weight is 421 g/mol. The first-order chi connectivity index (χ1) is 14.9. The first-order valence-electron chi connectivity index (χ1n) is 10.3. The Morgan fingerprint density at radius 1 is 1.00 bits per heavy atom. The largest absolute Gasteiger partial charge is 0.378 e. The fourth-order valence-corrected chi connectivity index (χ4v) is 3.50. The molecule has 0 bridgehead atoms. The van der Waals surface area contributed by atoms with Crippen LogP contribution in [0.15, 0.2) is 48.5 Å². The van der Waals surface area contributed by atoms with Crippen LogP contribution in [0.1, 0.15) is 10.4 Å². The van der Waals surface area contributed by atoms with Crippen LogP contribution in [0, 0.1) is 0 Å². The number of nitrogens with zero attached hydrogens (tertiary/aromatic N) is 6. The van der Waals surface area contributed by atoms with E-state index in [-0.39, 0.29) is 17.8 Å². The van der Waals surface area contributed by atoms with Crippen LogP contribution in [-0.4, -0.2) is 72.9 Å². The zero-order valence-electron chi connectivity index (χ0n) is 18.1. The van der Waals surface area contributed by atoms with E-state index >= 15 is 0 Å². The van der Waals surface area contributed by atoms with Crippen LogP contribution >= 0.6 is 0 Å². The van der Waals surface area contributed by atoms with Gasteiger partial charge in [-0.1, -0.05) is 0 Å². The molecule has 2 aromatic carbocycles. The molecular weight excluding hydrogens is 392 g/mol. The van der Waals surface area contributed by atoms with Crippen molar-refractivity contribution >= 4 is 34.9 Å². The van der Waals surface area contributed by atoms with Crippen LogP contribution in [0.5, 0.6) is 0 Å². The summed E-state index contributed by atoms with van der Waals surface area (Å²) in [6.45, 7) is 4.16. The monoisotopic (exact) mass is 420 g/mol. The molecule has 0 unspecified atom stereocenters. The van der Waals surface area contributed by atoms with Gasteiger partial charge in [0.2, 0.25) is 11.9 Å². The fourth-order valence-electron chi connectivity index (χ4n) is 3.50. The van der Waals surface area contributed by atoms with Gasteiger partial charge < -0.3 is 25.8 Å². The molecule has 9 nitrogen and oxygen atoms in total. The normalized spacial score (nSPS) is 14.5. The van der Waals surface area contributed by atoms with Gasteiger partial charge in [-0.05, 0) is 55.6 Å². The molecule has 0 radical (unpaired) electrons. The van der Waals surface area contributed by atoms with E-state index in [1.807, 2.05) is 43.3 Å². The number of benzene rings is 2. The Balaban J connectivity index is 1.44. The molecule has 0 aliphatic carbocycles. The number of hydrogen-bond donors (Lipinski definition) is 2. The van der Waals surface area contributed by atoms with E-state index in [1.54, 1.807) is 12.1 Å². The Hall–Kier alpha value is -3.59. The van der Waals surface area contributed by atoms with Crippen molar-refractivity contribution in [3.05, 3.63) is 54.1 Å². The first-order valence-corrected chi connectivity index (χ1v) is 10.3. The molecule has 0 atom stereocenters. The highest BCUT2D eigenvalue weighted by molar-refractivity contribution is 5.97. The lowest BCUT2D eigenvalue weighted by molar-refractivity contribution is 0.0948. The van der Waals surface area contributed by atoms with E-state index in [2.05, 4.69) is 44.4 Å². The zero-order valence-corrected chi connectivity index (χ0v) is 18.1. The molecule has 1 aliphatic heterocycles. The highest BCUT2D eigenvalue weighted by Crippen LogP contribution is 2.22. The minimum absolute atomic E-state index is 0.0400. The SMILES string of the molecule is CN1CCN(c2ccc(Nc3nc(N)n(C(=O)c4ccc(N(C)C)cc4)n3)cc2)CC1. The second-order valence-electron chi connectivity index (χ2n) is 7.91. The van der Waals surface area contributed by atoms with Gasteiger partial charge in [-0.25, -0.2) is 0 Å². The summed E-state index contributed by atoms with van der Waals surface area (Å²) in [4.78, 5) is 23.6. The van der Waals surface area contributed by atoms with Crippen LogP contribution in [0.25, 0.3) is 0 Å². The Kier molecular flexibility index (Phi) is 5.77. The summed E-state index contributed by atoms with van der Waals surface area (Å²) >= 11 is 0. The topological polar surface area (TPSA) is 95.5 Å². The number of aromatic nitrogens is 3. The molecule has 3 aromatic rings. The van der Waals surface area contributed by atoms with E-state index in [1.165, 1.54) is 5.69 Å². The molecule has 0 amide bonds. The quantitative estimate of drug-likeness (QED) is 0.648. The van der Waals surface area contributed by atoms with Crippen molar-refractivity contribution in [2.75, 3.05) is 68.2 Å². The highest BCUT2D eigenvalue weighted by atomic mass is 16.2. The van der Waals surface area contributed by atoms with Crippen molar-refractivity contribution in [2.24, 2.45) is 0 Å². The van der Waals surface area contributed by atoms with Crippen LogP contribution in [0.4, 0.5) is 29.0 Å². The molecule has 1 aliphatic rings. The number of nitrogens with two attached hydrogens (primary N) is 1. The Morgan fingerprint density at radius 2 is 1.65 bits per heavy atom. The summed E-state index contributed by atoms with van der Waals surface area (Å²) in [5.74, 6) is -0.00452. The first kappa shape index (κ1) is 20.7. The van der Waals surface area contributed by atoms with Gasteiger partial charge in [0.05, 0.1) is 0 Å². The van der Waals surface area contributed by atoms with Crippen molar-refractivity contribution in [1.29, 1.82) is 0 Å². The van der Waals surface area contributed by atoms with Crippen LogP contribution in [0.3, 0.4) is 0 Å². The van der Waals surface area contributed by atoms with Crippen molar-refractivity contribution in [3.63, 3.8) is 0 Å². The molecule has 1 aromatic heterocycles. The molecule has 3 N–H and O–H groups in total. The van der Waals surface area contributed by atoms with Crippen LogP contribution < -0.4 is 20.9 Å². The van der Waals surface area contributed by atoms with Crippen molar-refractivity contribution in [2.45, 2.75) is 0 Å². The standard InChI is InChI=1S/C22H28N8O/c1-27(2)18-8-4-16(5-9-18)20(31)30-21(23)25-22(26-30)24-17-6-10-19(11-7-17)29-14-12-28(3)13-15-29/h4-11H,12-15H2,1-3H3,(H3,23,24,25,26). The van der Waals surface area contributed by atoms with Crippen molar-refractivity contribution in [1.82, 2.24) is 19.7 Å². The summed E-state index contributed by atoms with van der Waals surface area (Å²) in [6.07, 6.45) is 0. The maximum absolute atomic E-state index is 12.8. The molecule has 9 heteroatoms. The lowest BCUT2D eigenvalue weighted by atomic mass is 10.2. The number of carbonyl (C=O) groups excluding carboxylic acids is 1. The predicted molar refractivity (Wildman–Crippen MR) is 124 cm³/mol. The van der Waals surface area contributed by atoms with E-state index < -0.39 is 0 Å². The molecule has 162 valence electrons. The molecule has 2 heterocycles. The summed E-state index contributed by atoms with van der Waals surface area (Å²) < 4.78 is 1.12. The van der Waals surface area contributed by atoms with Crippen molar-refractivity contribution < 1.29 is 4.79 Å². The minimum Gasteiger partial charge on any atom is -0.378 e. The van der Waals surface area contributed by atoms with Crippen LogP contribution in [-0.2, 0) is 0 Å². The predicted octanol–water partition coefficient (Wildman–Crippen LogP) is 2.11. The molecular formula is C22H28N8O. The Bertz CT molecular complexity index is 1030. The van der Waals surface area contributed by atoms with E-state index in [0.717, 1.165) is 42.2 Å². The van der Waals surface area contributed by atoms with Gasteiger partial charge in [0.25, 0.3) is 5.91 Å². The van der Waals surface area contributed by atoms with Crippen LogP contribution in [0.2, 0.25) is 0 Å². The molecule has 4 rings (SSSR count). The fraction of sp³-hybridized carbons (Fsp3) is 0.318. The van der Waals surface area contributed by atoms with Gasteiger partial charge in [-0.15, -0.1) is 5.10 Å².